The lowest BCUT2D eigenvalue weighted by Gasteiger charge is -2.37. The number of rotatable bonds is 5. The number of hydrogen-bond donors (Lipinski definition) is 0. The van der Waals surface area contributed by atoms with Crippen molar-refractivity contribution in [3.63, 3.8) is 0 Å². The van der Waals surface area contributed by atoms with Gasteiger partial charge in [-0.1, -0.05) is 84.4 Å². The third kappa shape index (κ3) is 4.31. The van der Waals surface area contributed by atoms with Crippen molar-refractivity contribution >= 4 is 64.2 Å². The number of imide groups is 2. The van der Waals surface area contributed by atoms with E-state index >= 15 is 0 Å². The molecule has 220 valence electrons. The number of carbonyl (C=O) groups is 4. The summed E-state index contributed by atoms with van der Waals surface area (Å²) in [5, 5.41) is 1.37. The zero-order chi connectivity index (χ0) is 30.0. The summed E-state index contributed by atoms with van der Waals surface area (Å²) in [5.41, 5.74) is 0.00595. The van der Waals surface area contributed by atoms with E-state index in [1.165, 1.54) is 9.80 Å². The zero-order valence-corrected chi connectivity index (χ0v) is 25.4. The molecule has 4 fully saturated rings. The molecule has 0 bridgehead atoms. The van der Waals surface area contributed by atoms with Crippen molar-refractivity contribution in [2.45, 2.75) is 56.1 Å². The molecule has 0 radical (unpaired) electrons. The first-order valence-corrected chi connectivity index (χ1v) is 15.7. The van der Waals surface area contributed by atoms with Gasteiger partial charge in [0.05, 0.1) is 23.6 Å². The molecule has 1 aliphatic carbocycles. The van der Waals surface area contributed by atoms with E-state index in [1.54, 1.807) is 72.8 Å². The minimum Gasteiger partial charge on any atom is -0.300 e. The fourth-order valence-corrected chi connectivity index (χ4v) is 8.19. The molecule has 0 aromatic heterocycles. The van der Waals surface area contributed by atoms with Crippen LogP contribution in [0.2, 0.25) is 15.1 Å². The molecule has 3 aliphatic heterocycles. The van der Waals surface area contributed by atoms with E-state index < -0.39 is 35.4 Å². The number of halogens is 3. The van der Waals surface area contributed by atoms with Gasteiger partial charge < -0.3 is 4.90 Å². The molecule has 4 atom stereocenters. The van der Waals surface area contributed by atoms with Crippen LogP contribution in [-0.2, 0) is 20.8 Å². The molecule has 1 saturated carbocycles. The van der Waals surface area contributed by atoms with Gasteiger partial charge in [0.25, 0.3) is 5.91 Å². The van der Waals surface area contributed by atoms with Crippen LogP contribution in [0.5, 0.6) is 0 Å². The van der Waals surface area contributed by atoms with E-state index in [1.807, 2.05) is 0 Å². The molecule has 5 amide bonds. The number of anilines is 1. The third-order valence-corrected chi connectivity index (χ3v) is 10.3. The summed E-state index contributed by atoms with van der Waals surface area (Å²) in [6, 6.07) is 18.8. The van der Waals surface area contributed by atoms with Crippen LogP contribution in [-0.4, -0.2) is 45.1 Å². The monoisotopic (exact) mass is 635 g/mol. The van der Waals surface area contributed by atoms with Crippen LogP contribution in [0.4, 0.5) is 10.5 Å². The van der Waals surface area contributed by atoms with Gasteiger partial charge in [-0.25, -0.2) is 9.69 Å². The molecule has 3 aromatic rings. The molecule has 0 N–H and O–H groups in total. The highest BCUT2D eigenvalue weighted by atomic mass is 35.5. The molecule has 3 unspecified atom stereocenters. The lowest BCUT2D eigenvalue weighted by Crippen LogP contribution is -2.56. The highest BCUT2D eigenvalue weighted by molar-refractivity contribution is 6.32. The largest absolute Gasteiger partial charge is 0.332 e. The minimum atomic E-state index is -1.65. The molecule has 3 saturated heterocycles. The van der Waals surface area contributed by atoms with Gasteiger partial charge in [0, 0.05) is 27.5 Å². The summed E-state index contributed by atoms with van der Waals surface area (Å²) in [5.74, 6) is -3.24. The summed E-state index contributed by atoms with van der Waals surface area (Å²) in [7, 11) is 0. The van der Waals surface area contributed by atoms with E-state index in [4.69, 9.17) is 34.8 Å². The standard InChI is InChI=1S/C33H28Cl3N3O4/c34-21-13-9-19(10-14-21)18-33-27-26(29(40)37(30(27)41)24-6-2-1-3-7-24)28(20-11-15-22(35)16-12-20)39(33)32(43)38(31(33)42)25-8-4-5-23(36)17-25/h4-5,8-17,24,26-28H,1-3,6-7,18H2/t26?,27?,28?,33-/m1/s1. The molecule has 3 aromatic carbocycles. The van der Waals surface area contributed by atoms with Crippen molar-refractivity contribution < 1.29 is 19.2 Å². The lowest BCUT2D eigenvalue weighted by atomic mass is 9.75. The van der Waals surface area contributed by atoms with Crippen molar-refractivity contribution in [3.8, 4) is 0 Å². The predicted molar refractivity (Wildman–Crippen MR) is 164 cm³/mol. The number of carbonyl (C=O) groups excluding carboxylic acids is 4. The smallest absolute Gasteiger partial charge is 0.300 e. The highest BCUT2D eigenvalue weighted by Gasteiger charge is 2.77. The number of likely N-dealkylation sites (tertiary alicyclic amines) is 1. The molecule has 0 spiro atoms. The van der Waals surface area contributed by atoms with Crippen molar-refractivity contribution in [3.05, 3.63) is 99.0 Å². The number of benzene rings is 3. The molecule has 7 rings (SSSR count). The number of amides is 5. The van der Waals surface area contributed by atoms with E-state index in [9.17, 15) is 19.2 Å². The summed E-state index contributed by atoms with van der Waals surface area (Å²) in [6.07, 6.45) is 4.42. The minimum absolute atomic E-state index is 0.0363. The Morgan fingerprint density at radius 3 is 2.05 bits per heavy atom. The Balaban J connectivity index is 1.45. The van der Waals surface area contributed by atoms with Gasteiger partial charge in [-0.2, -0.15) is 0 Å². The second kappa shape index (κ2) is 10.7. The molecule has 10 heteroatoms. The first kappa shape index (κ1) is 28.4. The molecule has 7 nitrogen and oxygen atoms in total. The Bertz CT molecular complexity index is 1640. The van der Waals surface area contributed by atoms with Crippen LogP contribution < -0.4 is 4.90 Å². The first-order valence-electron chi connectivity index (χ1n) is 14.5. The van der Waals surface area contributed by atoms with Crippen LogP contribution in [0.25, 0.3) is 0 Å². The molecule has 43 heavy (non-hydrogen) atoms. The quantitative estimate of drug-likeness (QED) is 0.221. The number of urea groups is 1. The van der Waals surface area contributed by atoms with Gasteiger partial charge >= 0.3 is 6.03 Å². The predicted octanol–water partition coefficient (Wildman–Crippen LogP) is 7.09. The summed E-state index contributed by atoms with van der Waals surface area (Å²) < 4.78 is 0. The van der Waals surface area contributed by atoms with E-state index in [0.29, 0.717) is 26.3 Å². The van der Waals surface area contributed by atoms with Crippen molar-refractivity contribution in [2.24, 2.45) is 11.8 Å². The zero-order valence-electron chi connectivity index (χ0n) is 23.1. The van der Waals surface area contributed by atoms with Crippen molar-refractivity contribution in [1.82, 2.24) is 9.80 Å². The summed E-state index contributed by atoms with van der Waals surface area (Å²) >= 11 is 18.7. The number of nitrogens with zero attached hydrogens (tertiary/aromatic N) is 3. The SMILES string of the molecule is O=C1C2C(c3ccc(Cl)cc3)N3C(=O)N(c4cccc(Cl)c4)C(=O)[C@@]3(Cc3ccc(Cl)cc3)C2C(=O)N1C1CCCCC1. The van der Waals surface area contributed by atoms with Crippen LogP contribution in [0.15, 0.2) is 72.8 Å². The molecular formula is C33H28Cl3N3O4. The van der Waals surface area contributed by atoms with Gasteiger partial charge in [-0.15, -0.1) is 0 Å². The van der Waals surface area contributed by atoms with E-state index in [-0.39, 0.29) is 24.3 Å². The number of hydrogen-bond acceptors (Lipinski definition) is 4. The first-order chi connectivity index (χ1) is 20.7. The Morgan fingerprint density at radius 1 is 0.744 bits per heavy atom. The normalized spacial score (nSPS) is 27.3. The maximum absolute atomic E-state index is 14.9. The van der Waals surface area contributed by atoms with E-state index in [0.717, 1.165) is 42.6 Å². The van der Waals surface area contributed by atoms with Gasteiger partial charge in [0.1, 0.15) is 5.54 Å². The molecule has 4 aliphatic rings. The van der Waals surface area contributed by atoms with E-state index in [2.05, 4.69) is 0 Å². The van der Waals surface area contributed by atoms with Crippen LogP contribution in [0.1, 0.15) is 49.3 Å². The summed E-state index contributed by atoms with van der Waals surface area (Å²) in [4.78, 5) is 62.5. The second-order valence-electron chi connectivity index (χ2n) is 11.8. The fraction of sp³-hybridized carbons (Fsp3) is 0.333. The van der Waals surface area contributed by atoms with Crippen LogP contribution >= 0.6 is 34.8 Å². The average Bonchev–Trinajstić information content (AvgIpc) is 3.52. The van der Waals surface area contributed by atoms with Crippen LogP contribution in [0, 0.1) is 11.8 Å². The number of fused-ring (bicyclic) bond motifs is 3. The second-order valence-corrected chi connectivity index (χ2v) is 13.1. The molecular weight excluding hydrogens is 609 g/mol. The fourth-order valence-electron chi connectivity index (χ4n) is 7.75. The van der Waals surface area contributed by atoms with Gasteiger partial charge in [-0.05, 0) is 66.4 Å². The van der Waals surface area contributed by atoms with Crippen LogP contribution in [0.3, 0.4) is 0 Å². The Hall–Kier alpha value is -3.39. The maximum atomic E-state index is 14.9. The van der Waals surface area contributed by atoms with Crippen molar-refractivity contribution in [2.75, 3.05) is 4.90 Å². The van der Waals surface area contributed by atoms with Gasteiger partial charge in [0.2, 0.25) is 11.8 Å². The third-order valence-electron chi connectivity index (χ3n) is 9.52. The summed E-state index contributed by atoms with van der Waals surface area (Å²) in [6.45, 7) is 0. The average molecular weight is 637 g/mol. The van der Waals surface area contributed by atoms with Gasteiger partial charge in [0.15, 0.2) is 0 Å². The topological polar surface area (TPSA) is 78.0 Å². The van der Waals surface area contributed by atoms with Gasteiger partial charge in [-0.3, -0.25) is 19.3 Å². The molecule has 3 heterocycles. The maximum Gasteiger partial charge on any atom is 0.332 e. The Kier molecular flexibility index (Phi) is 7.03. The Labute approximate surface area is 264 Å². The lowest BCUT2D eigenvalue weighted by molar-refractivity contribution is -0.147. The Morgan fingerprint density at radius 2 is 1.40 bits per heavy atom. The van der Waals surface area contributed by atoms with Crippen molar-refractivity contribution in [1.29, 1.82) is 0 Å². The highest BCUT2D eigenvalue weighted by Crippen LogP contribution is 2.60.